The number of nitrogens with two attached hydrogens (primary N) is 1. The zero-order valence-corrected chi connectivity index (χ0v) is 17.3. The van der Waals surface area contributed by atoms with Gasteiger partial charge in [-0.05, 0) is 32.4 Å². The molecule has 0 spiro atoms. The van der Waals surface area contributed by atoms with E-state index in [9.17, 15) is 4.79 Å². The number of hydrogen-bond donors (Lipinski definition) is 1. The lowest BCUT2D eigenvalue weighted by Crippen LogP contribution is -2.32. The van der Waals surface area contributed by atoms with E-state index in [-0.39, 0.29) is 5.97 Å². The molecule has 0 aliphatic carbocycles. The predicted molar refractivity (Wildman–Crippen MR) is 112 cm³/mol. The number of rotatable bonds is 6. The van der Waals surface area contributed by atoms with Crippen LogP contribution in [0, 0.1) is 13.8 Å². The molecule has 2 heterocycles. The van der Waals surface area contributed by atoms with Crippen molar-refractivity contribution in [2.45, 2.75) is 30.7 Å². The molecule has 0 bridgehead atoms. The smallest absolute Gasteiger partial charge is 0.350 e. The average molecular weight is 400 g/mol. The van der Waals surface area contributed by atoms with Gasteiger partial charge in [0.25, 0.3) is 5.69 Å². The van der Waals surface area contributed by atoms with Crippen molar-refractivity contribution in [1.29, 1.82) is 0 Å². The number of esters is 1. The second kappa shape index (κ2) is 8.59. The van der Waals surface area contributed by atoms with Crippen LogP contribution in [-0.4, -0.2) is 12.6 Å². The summed E-state index contributed by atoms with van der Waals surface area (Å²) in [7, 11) is 0. The number of aromatic nitrogens is 1. The predicted octanol–water partition coefficient (Wildman–Crippen LogP) is 4.69. The molecule has 2 aromatic heterocycles. The van der Waals surface area contributed by atoms with Crippen molar-refractivity contribution in [3.8, 4) is 5.69 Å². The Hall–Kier alpha value is -2.31. The summed E-state index contributed by atoms with van der Waals surface area (Å²) in [6, 6.07) is 12.4. The van der Waals surface area contributed by atoms with Gasteiger partial charge in [-0.3, -0.25) is 0 Å². The zero-order valence-electron chi connectivity index (χ0n) is 15.7. The summed E-state index contributed by atoms with van der Waals surface area (Å²) in [4.78, 5) is 12.8. The topological polar surface area (TPSA) is 56.2 Å². The van der Waals surface area contributed by atoms with Crippen LogP contribution in [0.3, 0.4) is 0 Å². The Morgan fingerprint density at radius 1 is 1.19 bits per heavy atom. The Morgan fingerprint density at radius 3 is 2.48 bits per heavy atom. The monoisotopic (exact) mass is 399 g/mol. The first-order chi connectivity index (χ1) is 13.0. The van der Waals surface area contributed by atoms with Crippen molar-refractivity contribution in [3.05, 3.63) is 70.4 Å². The summed E-state index contributed by atoms with van der Waals surface area (Å²) in [5.74, 6) is 0.444. The minimum Gasteiger partial charge on any atom is -0.462 e. The molecule has 0 aliphatic rings. The molecule has 1 aromatic carbocycles. The minimum absolute atomic E-state index is 0.328. The normalized spacial score (nSPS) is 10.8. The number of ether oxygens (including phenoxy) is 1. The van der Waals surface area contributed by atoms with Crippen LogP contribution in [0.5, 0.6) is 0 Å². The highest BCUT2D eigenvalue weighted by atomic mass is 32.2. The summed E-state index contributed by atoms with van der Waals surface area (Å²) >= 11 is 3.09. The highest BCUT2D eigenvalue weighted by Crippen LogP contribution is 2.40. The van der Waals surface area contributed by atoms with Crippen LogP contribution < -0.4 is 10.3 Å². The molecule has 0 fully saturated rings. The van der Waals surface area contributed by atoms with Crippen molar-refractivity contribution in [1.82, 2.24) is 0 Å². The van der Waals surface area contributed by atoms with Crippen LogP contribution in [0.4, 0.5) is 5.69 Å². The molecule has 0 radical (unpaired) electrons. The number of pyridine rings is 1. The second-order valence-corrected chi connectivity index (χ2v) is 8.54. The standard InChI is InChI=1S/C21H22N2O2S2/c1-4-25-20(24)19-17(22)18(23-11-14(2)10-15(3)12-23)21(27-19)26-13-16-8-6-5-7-9-16/h5-12H,4,13H2,1-3H3,(H-,22,24)/p+1. The van der Waals surface area contributed by atoms with Gasteiger partial charge in [-0.15, -0.1) is 23.1 Å². The second-order valence-electron chi connectivity index (χ2n) is 6.27. The fourth-order valence-corrected chi connectivity index (χ4v) is 5.22. The van der Waals surface area contributed by atoms with Crippen molar-refractivity contribution in [2.24, 2.45) is 0 Å². The molecule has 0 saturated carbocycles. The van der Waals surface area contributed by atoms with Crippen LogP contribution in [-0.2, 0) is 10.5 Å². The molecule has 3 rings (SSSR count). The van der Waals surface area contributed by atoms with E-state index in [0.717, 1.165) is 26.8 Å². The summed E-state index contributed by atoms with van der Waals surface area (Å²) in [6.07, 6.45) is 4.07. The van der Waals surface area contributed by atoms with Gasteiger partial charge >= 0.3 is 5.97 Å². The van der Waals surface area contributed by atoms with Gasteiger partial charge in [0.1, 0.15) is 14.8 Å². The molecule has 0 aliphatic heterocycles. The zero-order chi connectivity index (χ0) is 19.4. The lowest BCUT2D eigenvalue weighted by molar-refractivity contribution is -0.597. The summed E-state index contributed by atoms with van der Waals surface area (Å²) in [5, 5.41) is 0. The Morgan fingerprint density at radius 2 is 1.85 bits per heavy atom. The lowest BCUT2D eigenvalue weighted by atomic mass is 10.2. The molecule has 6 heteroatoms. The summed E-state index contributed by atoms with van der Waals surface area (Å²) in [6.45, 7) is 6.23. The van der Waals surface area contributed by atoms with Crippen molar-refractivity contribution < 1.29 is 14.1 Å². The highest BCUT2D eigenvalue weighted by molar-refractivity contribution is 8.00. The van der Waals surface area contributed by atoms with Gasteiger partial charge < -0.3 is 10.5 Å². The maximum Gasteiger partial charge on any atom is 0.350 e. The van der Waals surface area contributed by atoms with Gasteiger partial charge in [0.05, 0.1) is 6.61 Å². The molecular weight excluding hydrogens is 376 g/mol. The van der Waals surface area contributed by atoms with Crippen LogP contribution in [0.15, 0.2) is 53.0 Å². The van der Waals surface area contributed by atoms with E-state index in [4.69, 9.17) is 10.5 Å². The van der Waals surface area contributed by atoms with Gasteiger partial charge in [0.2, 0.25) is 0 Å². The Kier molecular flexibility index (Phi) is 6.19. The number of hydrogen-bond acceptors (Lipinski definition) is 5. The lowest BCUT2D eigenvalue weighted by Gasteiger charge is -2.03. The van der Waals surface area contributed by atoms with Gasteiger partial charge in [0.15, 0.2) is 12.4 Å². The molecule has 0 saturated heterocycles. The molecule has 0 unspecified atom stereocenters. The Labute approximate surface area is 168 Å². The number of thioether (sulfide) groups is 1. The maximum atomic E-state index is 12.4. The number of carbonyl (C=O) groups is 1. The van der Waals surface area contributed by atoms with Crippen LogP contribution in [0.1, 0.15) is 33.3 Å². The largest absolute Gasteiger partial charge is 0.462 e. The fourth-order valence-electron chi connectivity index (χ4n) is 2.87. The minimum atomic E-state index is -0.363. The molecule has 2 N–H and O–H groups in total. The summed E-state index contributed by atoms with van der Waals surface area (Å²) in [5.41, 5.74) is 11.2. The third-order valence-electron chi connectivity index (χ3n) is 3.96. The molecule has 0 atom stereocenters. The van der Waals surface area contributed by atoms with Gasteiger partial charge in [-0.25, -0.2) is 4.79 Å². The fraction of sp³-hybridized carbons (Fsp3) is 0.238. The van der Waals surface area contributed by atoms with E-state index in [1.807, 2.05) is 35.2 Å². The number of nitrogens with zero attached hydrogens (tertiary/aromatic N) is 1. The number of anilines is 1. The first-order valence-electron chi connectivity index (χ1n) is 8.75. The van der Waals surface area contributed by atoms with E-state index in [0.29, 0.717) is 17.2 Å². The van der Waals surface area contributed by atoms with E-state index in [1.54, 1.807) is 18.7 Å². The van der Waals surface area contributed by atoms with Crippen LogP contribution >= 0.6 is 23.1 Å². The highest BCUT2D eigenvalue weighted by Gasteiger charge is 2.29. The number of thiophene rings is 1. The quantitative estimate of drug-likeness (QED) is 0.371. The van der Waals surface area contributed by atoms with E-state index in [1.165, 1.54) is 16.9 Å². The van der Waals surface area contributed by atoms with Crippen LogP contribution in [0.2, 0.25) is 0 Å². The Balaban J connectivity index is 2.04. The van der Waals surface area contributed by atoms with E-state index in [2.05, 4.69) is 32.0 Å². The molecule has 4 nitrogen and oxygen atoms in total. The van der Waals surface area contributed by atoms with Gasteiger partial charge in [-0.2, -0.15) is 4.57 Å². The third kappa shape index (κ3) is 4.51. The molecule has 27 heavy (non-hydrogen) atoms. The maximum absolute atomic E-state index is 12.4. The van der Waals surface area contributed by atoms with E-state index >= 15 is 0 Å². The third-order valence-corrected chi connectivity index (χ3v) is 6.47. The first-order valence-corrected chi connectivity index (χ1v) is 10.6. The SMILES string of the molecule is CCOC(=O)c1sc(SCc2ccccc2)c(-[n+]2cc(C)cc(C)c2)c1N. The number of aryl methyl sites for hydroxylation is 2. The van der Waals surface area contributed by atoms with Crippen molar-refractivity contribution >= 4 is 34.8 Å². The van der Waals surface area contributed by atoms with E-state index < -0.39 is 0 Å². The molecule has 140 valence electrons. The van der Waals surface area contributed by atoms with Crippen LogP contribution in [0.25, 0.3) is 5.69 Å². The first kappa shape index (κ1) is 19.5. The number of benzene rings is 1. The number of carbonyl (C=O) groups excluding carboxylic acids is 1. The molecule has 3 aromatic rings. The number of nitrogen functional groups attached to an aromatic ring is 1. The molecular formula is C21H23N2O2S2+. The van der Waals surface area contributed by atoms with Crippen molar-refractivity contribution in [2.75, 3.05) is 12.3 Å². The van der Waals surface area contributed by atoms with Gasteiger partial charge in [0, 0.05) is 16.9 Å². The average Bonchev–Trinajstić information content (AvgIpc) is 2.97. The Bertz CT molecular complexity index is 932. The van der Waals surface area contributed by atoms with Crippen molar-refractivity contribution in [3.63, 3.8) is 0 Å². The molecule has 0 amide bonds. The van der Waals surface area contributed by atoms with Gasteiger partial charge in [-0.1, -0.05) is 30.3 Å². The summed E-state index contributed by atoms with van der Waals surface area (Å²) < 4.78 is 8.23.